The van der Waals surface area contributed by atoms with E-state index < -0.39 is 0 Å². The second-order valence-electron chi connectivity index (χ2n) is 5.12. The molecule has 0 spiro atoms. The lowest BCUT2D eigenvalue weighted by atomic mass is 9.93. The zero-order valence-electron chi connectivity index (χ0n) is 11.6. The van der Waals surface area contributed by atoms with E-state index in [0.29, 0.717) is 0 Å². The fraction of sp³-hybridized carbons (Fsp3) is 0.786. The lowest BCUT2D eigenvalue weighted by Gasteiger charge is -2.30. The summed E-state index contributed by atoms with van der Waals surface area (Å²) in [6, 6.07) is 0.804. The van der Waals surface area contributed by atoms with Crippen LogP contribution in [0.15, 0.2) is 10.7 Å². The Bertz CT molecular complexity index is 343. The molecule has 1 aliphatic heterocycles. The molecule has 1 aromatic heterocycles. The Kier molecular flexibility index (Phi) is 5.05. The normalized spacial score (nSPS) is 17.3. The number of aromatic nitrogens is 1. The quantitative estimate of drug-likeness (QED) is 0.844. The van der Waals surface area contributed by atoms with Gasteiger partial charge >= 0.3 is 0 Å². The lowest BCUT2D eigenvalue weighted by Crippen LogP contribution is -2.33. The highest BCUT2D eigenvalue weighted by Gasteiger charge is 2.21. The van der Waals surface area contributed by atoms with Gasteiger partial charge in [0.05, 0.1) is 5.69 Å². The molecule has 18 heavy (non-hydrogen) atoms. The van der Waals surface area contributed by atoms with Crippen LogP contribution >= 0.6 is 0 Å². The fourth-order valence-corrected chi connectivity index (χ4v) is 2.60. The average Bonchev–Trinajstić information content (AvgIpc) is 2.86. The topological polar surface area (TPSA) is 41.3 Å². The predicted molar refractivity (Wildman–Crippen MR) is 73.7 cm³/mol. The molecule has 1 saturated heterocycles. The van der Waals surface area contributed by atoms with Gasteiger partial charge in [-0.25, -0.2) is 0 Å². The molecule has 0 radical (unpaired) electrons. The van der Waals surface area contributed by atoms with Gasteiger partial charge in [-0.1, -0.05) is 26.7 Å². The number of oxazole rings is 1. The molecule has 0 saturated carbocycles. The molecular weight excluding hydrogens is 226 g/mol. The summed E-state index contributed by atoms with van der Waals surface area (Å²) >= 11 is 0. The van der Waals surface area contributed by atoms with E-state index in [-0.39, 0.29) is 0 Å². The van der Waals surface area contributed by atoms with Crippen molar-refractivity contribution in [1.29, 1.82) is 0 Å². The average molecular weight is 251 g/mol. The van der Waals surface area contributed by atoms with E-state index in [2.05, 4.69) is 29.0 Å². The third-order valence-electron chi connectivity index (χ3n) is 3.68. The van der Waals surface area contributed by atoms with Crippen LogP contribution in [0.2, 0.25) is 0 Å². The zero-order chi connectivity index (χ0) is 12.8. The monoisotopic (exact) mass is 251 g/mol. The van der Waals surface area contributed by atoms with E-state index in [1.54, 1.807) is 6.26 Å². The Hall–Kier alpha value is -1.03. The van der Waals surface area contributed by atoms with Crippen LogP contribution in [0.5, 0.6) is 0 Å². The van der Waals surface area contributed by atoms with Gasteiger partial charge < -0.3 is 14.6 Å². The van der Waals surface area contributed by atoms with Crippen molar-refractivity contribution in [3.05, 3.63) is 12.0 Å². The summed E-state index contributed by atoms with van der Waals surface area (Å²) in [6.07, 6.45) is 7.00. The van der Waals surface area contributed by atoms with Crippen LogP contribution in [-0.2, 0) is 6.54 Å². The molecule has 0 amide bonds. The highest BCUT2D eigenvalue weighted by molar-refractivity contribution is 5.27. The molecule has 102 valence electrons. The smallest absolute Gasteiger partial charge is 0.297 e. The number of hydrogen-bond donors (Lipinski definition) is 1. The molecule has 0 unspecified atom stereocenters. The molecular formula is C14H25N3O. The molecule has 0 bridgehead atoms. The molecule has 0 aromatic carbocycles. The molecule has 4 nitrogen and oxygen atoms in total. The maximum atomic E-state index is 5.57. The minimum Gasteiger partial charge on any atom is -0.432 e. The molecule has 1 aromatic rings. The summed E-state index contributed by atoms with van der Waals surface area (Å²) < 4.78 is 5.57. The highest BCUT2D eigenvalue weighted by atomic mass is 16.4. The number of anilines is 1. The summed E-state index contributed by atoms with van der Waals surface area (Å²) in [7, 11) is 0. The van der Waals surface area contributed by atoms with Crippen molar-refractivity contribution in [2.45, 2.75) is 46.1 Å². The molecule has 4 heteroatoms. The molecule has 1 N–H and O–H groups in total. The minimum atomic E-state index is 0.798. The van der Waals surface area contributed by atoms with Gasteiger partial charge in [0.1, 0.15) is 6.26 Å². The standard InChI is InChI=1S/C14H25N3O/c1-3-5-12-6-8-17(9-7-12)14-16-13(11-18-14)10-15-4-2/h11-12,15H,3-10H2,1-2H3. The Morgan fingerprint density at radius 1 is 1.39 bits per heavy atom. The predicted octanol–water partition coefficient (Wildman–Crippen LogP) is 2.80. The summed E-state index contributed by atoms with van der Waals surface area (Å²) in [6.45, 7) is 8.31. The largest absolute Gasteiger partial charge is 0.432 e. The summed E-state index contributed by atoms with van der Waals surface area (Å²) in [5.74, 6) is 0.905. The van der Waals surface area contributed by atoms with E-state index in [9.17, 15) is 0 Å². The minimum absolute atomic E-state index is 0.798. The summed E-state index contributed by atoms with van der Waals surface area (Å²) in [4.78, 5) is 6.82. The highest BCUT2D eigenvalue weighted by Crippen LogP contribution is 2.25. The maximum Gasteiger partial charge on any atom is 0.297 e. The van der Waals surface area contributed by atoms with E-state index in [4.69, 9.17) is 4.42 Å². The maximum absolute atomic E-state index is 5.57. The third kappa shape index (κ3) is 3.48. The van der Waals surface area contributed by atoms with Gasteiger partial charge in [-0.15, -0.1) is 0 Å². The first-order valence-corrected chi connectivity index (χ1v) is 7.23. The van der Waals surface area contributed by atoms with Crippen LogP contribution in [-0.4, -0.2) is 24.6 Å². The number of rotatable bonds is 6. The van der Waals surface area contributed by atoms with Crippen LogP contribution in [0.4, 0.5) is 6.01 Å². The molecule has 1 aliphatic rings. The second-order valence-corrected chi connectivity index (χ2v) is 5.12. The third-order valence-corrected chi connectivity index (χ3v) is 3.68. The number of hydrogen-bond acceptors (Lipinski definition) is 4. The Balaban J connectivity index is 1.83. The second kappa shape index (κ2) is 6.78. The fourth-order valence-electron chi connectivity index (χ4n) is 2.60. The first-order valence-electron chi connectivity index (χ1n) is 7.23. The van der Waals surface area contributed by atoms with Gasteiger partial charge in [0.15, 0.2) is 0 Å². The molecule has 0 aliphatic carbocycles. The van der Waals surface area contributed by atoms with Gasteiger partial charge in [0.25, 0.3) is 6.01 Å². The van der Waals surface area contributed by atoms with Crippen molar-refractivity contribution in [2.75, 3.05) is 24.5 Å². The zero-order valence-corrected chi connectivity index (χ0v) is 11.6. The van der Waals surface area contributed by atoms with Crippen molar-refractivity contribution in [3.63, 3.8) is 0 Å². The number of piperidine rings is 1. The van der Waals surface area contributed by atoms with Crippen LogP contribution in [0, 0.1) is 5.92 Å². The van der Waals surface area contributed by atoms with E-state index in [0.717, 1.165) is 43.8 Å². The Labute approximate surface area is 110 Å². The summed E-state index contributed by atoms with van der Waals surface area (Å²) in [5, 5.41) is 3.26. The Morgan fingerprint density at radius 3 is 2.83 bits per heavy atom. The SMILES string of the molecule is CCCC1CCN(c2nc(CNCC)co2)CC1. The van der Waals surface area contributed by atoms with Gasteiger partial charge in [0, 0.05) is 19.6 Å². The van der Waals surface area contributed by atoms with Crippen LogP contribution < -0.4 is 10.2 Å². The van der Waals surface area contributed by atoms with Gasteiger partial charge in [-0.3, -0.25) is 0 Å². The van der Waals surface area contributed by atoms with Crippen molar-refractivity contribution in [1.82, 2.24) is 10.3 Å². The Morgan fingerprint density at radius 2 is 2.17 bits per heavy atom. The molecule has 1 fully saturated rings. The summed E-state index contributed by atoms with van der Waals surface area (Å²) in [5.41, 5.74) is 1.00. The van der Waals surface area contributed by atoms with Gasteiger partial charge in [-0.2, -0.15) is 4.98 Å². The molecule has 0 atom stereocenters. The number of nitrogens with one attached hydrogen (secondary N) is 1. The van der Waals surface area contributed by atoms with Crippen LogP contribution in [0.1, 0.15) is 45.2 Å². The lowest BCUT2D eigenvalue weighted by molar-refractivity contribution is 0.365. The van der Waals surface area contributed by atoms with Crippen LogP contribution in [0.25, 0.3) is 0 Å². The van der Waals surface area contributed by atoms with Gasteiger partial charge in [-0.05, 0) is 25.3 Å². The first kappa shape index (κ1) is 13.4. The van der Waals surface area contributed by atoms with Crippen LogP contribution in [0.3, 0.4) is 0 Å². The first-order chi connectivity index (χ1) is 8.83. The van der Waals surface area contributed by atoms with Crippen molar-refractivity contribution in [3.8, 4) is 0 Å². The number of nitrogens with zero attached hydrogens (tertiary/aromatic N) is 2. The van der Waals surface area contributed by atoms with E-state index >= 15 is 0 Å². The molecule has 2 heterocycles. The van der Waals surface area contributed by atoms with Crippen molar-refractivity contribution in [2.24, 2.45) is 5.92 Å². The van der Waals surface area contributed by atoms with Crippen molar-refractivity contribution >= 4 is 6.01 Å². The van der Waals surface area contributed by atoms with Crippen molar-refractivity contribution < 1.29 is 4.42 Å². The molecule has 2 rings (SSSR count). The van der Waals surface area contributed by atoms with Gasteiger partial charge in [0.2, 0.25) is 0 Å². The van der Waals surface area contributed by atoms with E-state index in [1.807, 2.05) is 0 Å². The van der Waals surface area contributed by atoms with E-state index in [1.165, 1.54) is 25.7 Å².